The van der Waals surface area contributed by atoms with E-state index < -0.39 is 0 Å². The van der Waals surface area contributed by atoms with Crippen LogP contribution in [0.4, 0.5) is 5.69 Å². The van der Waals surface area contributed by atoms with E-state index in [0.717, 1.165) is 22.6 Å². The summed E-state index contributed by atoms with van der Waals surface area (Å²) in [7, 11) is 5.42. The smallest absolute Gasteiger partial charge is 0.132 e. The highest BCUT2D eigenvalue weighted by Gasteiger charge is 2.14. The number of methoxy groups -OCH3 is 1. The molecule has 1 aromatic rings. The molecule has 17 heavy (non-hydrogen) atoms. The molecule has 1 aromatic carbocycles. The first-order valence-electron chi connectivity index (χ1n) is 4.99. The van der Waals surface area contributed by atoms with Gasteiger partial charge in [0.25, 0.3) is 0 Å². The monoisotopic (exact) mass is 266 g/mol. The predicted molar refractivity (Wildman–Crippen MR) is 77.8 cm³/mol. The van der Waals surface area contributed by atoms with E-state index in [-0.39, 0.29) is 0 Å². The summed E-state index contributed by atoms with van der Waals surface area (Å²) < 4.78 is 5.38. The van der Waals surface area contributed by atoms with Crippen molar-refractivity contribution in [2.45, 2.75) is 6.92 Å². The van der Waals surface area contributed by atoms with Crippen LogP contribution in [-0.2, 0) is 0 Å². The molecule has 0 amide bonds. The first kappa shape index (κ1) is 13.8. The van der Waals surface area contributed by atoms with Crippen molar-refractivity contribution >= 4 is 40.3 Å². The lowest BCUT2D eigenvalue weighted by Crippen LogP contribution is -2.21. The van der Waals surface area contributed by atoms with Crippen LogP contribution in [0.5, 0.6) is 5.75 Å². The Bertz CT molecular complexity index is 492. The molecule has 0 heterocycles. The molecule has 0 N–H and O–H groups in total. The first-order valence-corrected chi connectivity index (χ1v) is 5.81. The van der Waals surface area contributed by atoms with Gasteiger partial charge in [-0.05, 0) is 36.8 Å². The predicted octanol–water partition coefficient (Wildman–Crippen LogP) is 2.98. The van der Waals surface area contributed by atoms with Gasteiger partial charge in [0.2, 0.25) is 0 Å². The number of isothiocyanates is 1. The van der Waals surface area contributed by atoms with E-state index in [1.807, 2.05) is 38.1 Å². The number of hydrogen-bond acceptors (Lipinski definition) is 4. The number of nitrogens with zero attached hydrogens (tertiary/aromatic N) is 2. The Morgan fingerprint density at radius 2 is 2.06 bits per heavy atom. The number of aliphatic imine (C=N–C) groups is 1. The van der Waals surface area contributed by atoms with Crippen LogP contribution in [0.1, 0.15) is 11.1 Å². The number of rotatable bonds is 3. The van der Waals surface area contributed by atoms with Gasteiger partial charge in [-0.1, -0.05) is 12.2 Å². The maximum absolute atomic E-state index is 5.38. The number of thiocarbonyl (C=S) groups is 2. The van der Waals surface area contributed by atoms with Gasteiger partial charge in [-0.2, -0.15) is 4.99 Å². The van der Waals surface area contributed by atoms with E-state index in [2.05, 4.69) is 22.4 Å². The van der Waals surface area contributed by atoms with Crippen LogP contribution < -0.4 is 4.74 Å². The zero-order valence-electron chi connectivity index (χ0n) is 10.3. The number of hydrogen-bond donors (Lipinski definition) is 0. The molecule has 0 saturated carbocycles. The molecule has 0 radical (unpaired) electrons. The van der Waals surface area contributed by atoms with Gasteiger partial charge >= 0.3 is 0 Å². The Morgan fingerprint density at radius 3 is 2.53 bits per heavy atom. The van der Waals surface area contributed by atoms with Crippen LogP contribution in [0.25, 0.3) is 0 Å². The summed E-state index contributed by atoms with van der Waals surface area (Å²) in [5, 5.41) is 2.35. The number of benzene rings is 1. The molecule has 0 unspecified atom stereocenters. The van der Waals surface area contributed by atoms with Crippen molar-refractivity contribution in [3.05, 3.63) is 23.3 Å². The summed E-state index contributed by atoms with van der Waals surface area (Å²) in [6.07, 6.45) is 0. The molecule has 0 fully saturated rings. The molecular formula is C12H14N2OS2. The minimum absolute atomic E-state index is 0.700. The fourth-order valence-corrected chi connectivity index (χ4v) is 1.80. The van der Waals surface area contributed by atoms with Gasteiger partial charge in [0.05, 0.1) is 23.5 Å². The van der Waals surface area contributed by atoms with Gasteiger partial charge < -0.3 is 9.64 Å². The normalized spacial score (nSPS) is 9.41. The zero-order chi connectivity index (χ0) is 13.0. The lowest BCUT2D eigenvalue weighted by atomic mass is 10.1. The third-order valence-corrected chi connectivity index (χ3v) is 2.95. The summed E-state index contributed by atoms with van der Waals surface area (Å²) >= 11 is 9.97. The highest BCUT2D eigenvalue weighted by Crippen LogP contribution is 2.29. The van der Waals surface area contributed by atoms with E-state index in [9.17, 15) is 0 Å². The van der Waals surface area contributed by atoms with Crippen molar-refractivity contribution in [3.63, 3.8) is 0 Å². The lowest BCUT2D eigenvalue weighted by Gasteiger charge is -2.18. The Balaban J connectivity index is 3.43. The fourth-order valence-electron chi connectivity index (χ4n) is 1.54. The van der Waals surface area contributed by atoms with Crippen molar-refractivity contribution in [3.8, 4) is 5.75 Å². The Kier molecular flexibility index (Phi) is 4.75. The van der Waals surface area contributed by atoms with Gasteiger partial charge in [-0.15, -0.1) is 0 Å². The minimum Gasteiger partial charge on any atom is -0.496 e. The van der Waals surface area contributed by atoms with Crippen LogP contribution in [0.2, 0.25) is 0 Å². The molecule has 0 aliphatic rings. The average molecular weight is 266 g/mol. The highest BCUT2D eigenvalue weighted by atomic mass is 32.1. The first-order chi connectivity index (χ1) is 8.01. The molecule has 5 heteroatoms. The van der Waals surface area contributed by atoms with E-state index in [4.69, 9.17) is 17.0 Å². The molecule has 1 rings (SSSR count). The topological polar surface area (TPSA) is 24.8 Å². The molecule has 90 valence electrons. The third kappa shape index (κ3) is 3.09. The third-order valence-electron chi connectivity index (χ3n) is 2.27. The largest absolute Gasteiger partial charge is 0.496 e. The molecule has 0 bridgehead atoms. The quantitative estimate of drug-likeness (QED) is 0.620. The van der Waals surface area contributed by atoms with E-state index in [1.165, 1.54) is 0 Å². The van der Waals surface area contributed by atoms with Gasteiger partial charge in [-0.3, -0.25) is 0 Å². The second-order valence-corrected chi connectivity index (χ2v) is 4.32. The van der Waals surface area contributed by atoms with Crippen molar-refractivity contribution in [2.75, 3.05) is 21.2 Å². The van der Waals surface area contributed by atoms with E-state index >= 15 is 0 Å². The number of aryl methyl sites for hydroxylation is 1. The summed E-state index contributed by atoms with van der Waals surface area (Å²) in [6, 6.07) is 3.74. The highest BCUT2D eigenvalue weighted by molar-refractivity contribution is 7.80. The minimum atomic E-state index is 0.700. The van der Waals surface area contributed by atoms with Gasteiger partial charge in [0.1, 0.15) is 10.7 Å². The number of ether oxygens (including phenoxy) is 1. The molecule has 0 spiro atoms. The van der Waals surface area contributed by atoms with Crippen molar-refractivity contribution in [1.82, 2.24) is 4.90 Å². The van der Waals surface area contributed by atoms with Crippen LogP contribution in [0.3, 0.4) is 0 Å². The zero-order valence-corrected chi connectivity index (χ0v) is 11.9. The maximum atomic E-state index is 5.38. The second-order valence-electron chi connectivity index (χ2n) is 3.75. The van der Waals surface area contributed by atoms with Gasteiger partial charge in [-0.25, -0.2) is 0 Å². The van der Waals surface area contributed by atoms with Crippen LogP contribution in [0.15, 0.2) is 17.1 Å². The maximum Gasteiger partial charge on any atom is 0.132 e. The Morgan fingerprint density at radius 1 is 1.41 bits per heavy atom. The van der Waals surface area contributed by atoms with Crippen LogP contribution in [-0.4, -0.2) is 36.3 Å². The van der Waals surface area contributed by atoms with Crippen molar-refractivity contribution in [2.24, 2.45) is 4.99 Å². The van der Waals surface area contributed by atoms with E-state index in [0.29, 0.717) is 4.99 Å². The van der Waals surface area contributed by atoms with E-state index in [1.54, 1.807) is 7.11 Å². The summed E-state index contributed by atoms with van der Waals surface area (Å²) in [6.45, 7) is 1.95. The summed E-state index contributed by atoms with van der Waals surface area (Å²) in [5.74, 6) is 0.770. The average Bonchev–Trinajstić information content (AvgIpc) is 2.27. The van der Waals surface area contributed by atoms with Crippen LogP contribution >= 0.6 is 24.4 Å². The fraction of sp³-hybridized carbons (Fsp3) is 0.333. The SMILES string of the molecule is COc1c(C)cc(N=C=S)cc1C(=S)N(C)C. The lowest BCUT2D eigenvalue weighted by molar-refractivity contribution is 0.410. The van der Waals surface area contributed by atoms with Gasteiger partial charge in [0, 0.05) is 14.1 Å². The molecule has 0 aromatic heterocycles. The molecular weight excluding hydrogens is 252 g/mol. The molecule has 0 saturated heterocycles. The second kappa shape index (κ2) is 5.87. The molecule has 0 atom stereocenters. The molecule has 3 nitrogen and oxygen atoms in total. The Labute approximate surface area is 112 Å². The van der Waals surface area contributed by atoms with Crippen molar-refractivity contribution < 1.29 is 4.74 Å². The Hall–Kier alpha value is -1.29. The summed E-state index contributed by atoms with van der Waals surface area (Å²) in [4.78, 5) is 6.54. The van der Waals surface area contributed by atoms with Crippen LogP contribution in [0, 0.1) is 6.92 Å². The molecule has 0 aliphatic carbocycles. The standard InChI is InChI=1S/C12H14N2OS2/c1-8-5-9(13-7-16)6-10(11(8)15-4)12(17)14(2)3/h5-6H,1-4H3. The van der Waals surface area contributed by atoms with Crippen molar-refractivity contribution in [1.29, 1.82) is 0 Å². The van der Waals surface area contributed by atoms with Gasteiger partial charge in [0.15, 0.2) is 0 Å². The summed E-state index contributed by atoms with van der Waals surface area (Å²) in [5.41, 5.74) is 2.55. The molecule has 0 aliphatic heterocycles.